The maximum atomic E-state index is 12.7. The van der Waals surface area contributed by atoms with E-state index in [1.807, 2.05) is 30.0 Å². The lowest BCUT2D eigenvalue weighted by atomic mass is 9.89. The number of benzene rings is 1. The number of urea groups is 1. The second kappa shape index (κ2) is 7.45. The van der Waals surface area contributed by atoms with Crippen LogP contribution in [0.5, 0.6) is 0 Å². The molecule has 2 aliphatic heterocycles. The van der Waals surface area contributed by atoms with Crippen molar-refractivity contribution in [1.82, 2.24) is 20.4 Å². The molecular weight excluding hydrogens is 332 g/mol. The highest BCUT2D eigenvalue weighted by molar-refractivity contribution is 5.75. The second-order valence-corrected chi connectivity index (χ2v) is 7.03. The van der Waals surface area contributed by atoms with Crippen molar-refractivity contribution in [2.45, 2.75) is 37.7 Å². The summed E-state index contributed by atoms with van der Waals surface area (Å²) < 4.78 is 11.0. The normalized spacial score (nSPS) is 25.6. The van der Waals surface area contributed by atoms with Gasteiger partial charge in [0.2, 0.25) is 5.89 Å². The van der Waals surface area contributed by atoms with E-state index < -0.39 is 0 Å². The largest absolute Gasteiger partial charge is 0.376 e. The van der Waals surface area contributed by atoms with Gasteiger partial charge in [-0.2, -0.15) is 4.98 Å². The number of hydrogen-bond acceptors (Lipinski definition) is 5. The van der Waals surface area contributed by atoms with Crippen LogP contribution in [0.2, 0.25) is 0 Å². The van der Waals surface area contributed by atoms with Crippen LogP contribution in [0, 0.1) is 6.92 Å². The number of nitrogens with one attached hydrogen (secondary N) is 1. The van der Waals surface area contributed by atoms with Crippen molar-refractivity contribution in [3.05, 3.63) is 47.6 Å². The van der Waals surface area contributed by atoms with Gasteiger partial charge in [-0.05, 0) is 25.3 Å². The highest BCUT2D eigenvalue weighted by atomic mass is 16.5. The van der Waals surface area contributed by atoms with E-state index in [0.29, 0.717) is 31.3 Å². The van der Waals surface area contributed by atoms with Crippen molar-refractivity contribution in [3.8, 4) is 0 Å². The number of amides is 2. The fourth-order valence-electron chi connectivity index (χ4n) is 3.84. The molecule has 0 spiro atoms. The van der Waals surface area contributed by atoms with Crippen LogP contribution < -0.4 is 5.32 Å². The van der Waals surface area contributed by atoms with E-state index in [1.165, 1.54) is 5.56 Å². The Morgan fingerprint density at radius 2 is 2.08 bits per heavy atom. The molecule has 0 radical (unpaired) electrons. The number of nitrogens with zero attached hydrogens (tertiary/aromatic N) is 3. The van der Waals surface area contributed by atoms with Crippen LogP contribution in [-0.4, -0.2) is 53.4 Å². The minimum atomic E-state index is -0.0554. The molecule has 26 heavy (non-hydrogen) atoms. The van der Waals surface area contributed by atoms with Gasteiger partial charge in [-0.1, -0.05) is 35.5 Å². The van der Waals surface area contributed by atoms with Crippen LogP contribution in [-0.2, 0) is 4.74 Å². The molecule has 2 aliphatic rings. The molecule has 3 atom stereocenters. The fraction of sp³-hybridized carbons (Fsp3) is 0.526. The van der Waals surface area contributed by atoms with E-state index in [0.717, 1.165) is 19.4 Å². The summed E-state index contributed by atoms with van der Waals surface area (Å²) in [5, 5.41) is 6.94. The van der Waals surface area contributed by atoms with E-state index in [2.05, 4.69) is 27.6 Å². The molecule has 138 valence electrons. The smallest absolute Gasteiger partial charge is 0.317 e. The van der Waals surface area contributed by atoms with Gasteiger partial charge < -0.3 is 19.5 Å². The predicted molar refractivity (Wildman–Crippen MR) is 94.9 cm³/mol. The summed E-state index contributed by atoms with van der Waals surface area (Å²) in [4.78, 5) is 18.9. The number of carbonyl (C=O) groups is 1. The summed E-state index contributed by atoms with van der Waals surface area (Å²) in [5.41, 5.74) is 1.18. The van der Waals surface area contributed by atoms with Gasteiger partial charge >= 0.3 is 6.03 Å². The van der Waals surface area contributed by atoms with Crippen molar-refractivity contribution in [3.63, 3.8) is 0 Å². The molecule has 2 amide bonds. The van der Waals surface area contributed by atoms with Crippen LogP contribution in [0.4, 0.5) is 4.79 Å². The van der Waals surface area contributed by atoms with Crippen LogP contribution in [0.3, 0.4) is 0 Å². The predicted octanol–water partition coefficient (Wildman–Crippen LogP) is 2.45. The number of ether oxygens (including phenoxy) is 1. The molecule has 7 heteroatoms. The summed E-state index contributed by atoms with van der Waals surface area (Å²) >= 11 is 0. The van der Waals surface area contributed by atoms with Crippen molar-refractivity contribution >= 4 is 6.03 Å². The summed E-state index contributed by atoms with van der Waals surface area (Å²) in [6.45, 7) is 4.37. The zero-order valence-electron chi connectivity index (χ0n) is 14.9. The minimum absolute atomic E-state index is 0.00656. The molecule has 2 aromatic rings. The van der Waals surface area contributed by atoms with E-state index in [4.69, 9.17) is 9.26 Å². The lowest BCUT2D eigenvalue weighted by Crippen LogP contribution is -2.41. The Kier molecular flexibility index (Phi) is 4.88. The van der Waals surface area contributed by atoms with Crippen LogP contribution >= 0.6 is 0 Å². The molecule has 7 nitrogen and oxygen atoms in total. The Morgan fingerprint density at radius 3 is 2.77 bits per heavy atom. The Bertz CT molecular complexity index is 742. The number of aryl methyl sites for hydroxylation is 1. The summed E-state index contributed by atoms with van der Waals surface area (Å²) in [5.74, 6) is 1.37. The van der Waals surface area contributed by atoms with Gasteiger partial charge in [0.05, 0.1) is 12.0 Å². The van der Waals surface area contributed by atoms with Gasteiger partial charge in [0, 0.05) is 32.2 Å². The molecule has 1 aromatic heterocycles. The third-order valence-electron chi connectivity index (χ3n) is 5.20. The van der Waals surface area contributed by atoms with E-state index >= 15 is 0 Å². The summed E-state index contributed by atoms with van der Waals surface area (Å²) in [7, 11) is 0. The first-order chi connectivity index (χ1) is 12.7. The Morgan fingerprint density at radius 1 is 1.27 bits per heavy atom. The first kappa shape index (κ1) is 17.0. The van der Waals surface area contributed by atoms with Crippen LogP contribution in [0.15, 0.2) is 34.9 Å². The quantitative estimate of drug-likeness (QED) is 0.910. The molecular formula is C19H24N4O3. The lowest BCUT2D eigenvalue weighted by Gasteiger charge is -2.19. The topological polar surface area (TPSA) is 80.5 Å². The standard InChI is InChI=1S/C19H24N4O3/c1-13-21-18(26-22-13)17-12-23(11-16(17)14-6-3-2-4-7-14)19(24)20-10-15-8-5-9-25-15/h2-4,6-7,15-17H,5,8-12H2,1H3,(H,20,24). The van der Waals surface area contributed by atoms with Crippen molar-refractivity contribution in [2.24, 2.45) is 0 Å². The number of likely N-dealkylation sites (tertiary alicyclic amines) is 1. The first-order valence-electron chi connectivity index (χ1n) is 9.20. The summed E-state index contributed by atoms with van der Waals surface area (Å²) in [6, 6.07) is 10.2. The fourth-order valence-corrected chi connectivity index (χ4v) is 3.84. The molecule has 0 aliphatic carbocycles. The molecule has 2 fully saturated rings. The van der Waals surface area contributed by atoms with Gasteiger partial charge in [-0.15, -0.1) is 0 Å². The lowest BCUT2D eigenvalue weighted by molar-refractivity contribution is 0.109. The summed E-state index contributed by atoms with van der Waals surface area (Å²) in [6.07, 6.45) is 2.22. The maximum Gasteiger partial charge on any atom is 0.317 e. The van der Waals surface area contributed by atoms with Gasteiger partial charge in [0.25, 0.3) is 0 Å². The maximum absolute atomic E-state index is 12.7. The number of hydrogen-bond donors (Lipinski definition) is 1. The van der Waals surface area contributed by atoms with E-state index in [1.54, 1.807) is 0 Å². The Labute approximate surface area is 152 Å². The average Bonchev–Trinajstić information content (AvgIpc) is 3.40. The van der Waals surface area contributed by atoms with Gasteiger partial charge in [0.1, 0.15) is 0 Å². The highest BCUT2D eigenvalue weighted by Gasteiger charge is 2.40. The second-order valence-electron chi connectivity index (χ2n) is 7.03. The number of carbonyl (C=O) groups excluding carboxylic acids is 1. The molecule has 3 unspecified atom stereocenters. The van der Waals surface area contributed by atoms with E-state index in [-0.39, 0.29) is 24.0 Å². The van der Waals surface area contributed by atoms with Crippen molar-refractivity contribution in [1.29, 1.82) is 0 Å². The molecule has 0 saturated carbocycles. The minimum Gasteiger partial charge on any atom is -0.376 e. The van der Waals surface area contributed by atoms with Crippen molar-refractivity contribution < 1.29 is 14.1 Å². The van der Waals surface area contributed by atoms with E-state index in [9.17, 15) is 4.79 Å². The Balaban J connectivity index is 1.48. The first-order valence-corrected chi connectivity index (χ1v) is 9.20. The zero-order chi connectivity index (χ0) is 17.9. The van der Waals surface area contributed by atoms with Crippen LogP contribution in [0.1, 0.15) is 42.0 Å². The average molecular weight is 356 g/mol. The van der Waals surface area contributed by atoms with Gasteiger partial charge in [-0.3, -0.25) is 0 Å². The third kappa shape index (κ3) is 3.58. The van der Waals surface area contributed by atoms with Gasteiger partial charge in [0.15, 0.2) is 5.82 Å². The molecule has 1 aromatic carbocycles. The number of aromatic nitrogens is 2. The number of rotatable bonds is 4. The van der Waals surface area contributed by atoms with Crippen LogP contribution in [0.25, 0.3) is 0 Å². The zero-order valence-corrected chi connectivity index (χ0v) is 14.9. The SMILES string of the molecule is Cc1noc(C2CN(C(=O)NCC3CCCO3)CC2c2ccccc2)n1. The molecule has 4 rings (SSSR count). The molecule has 3 heterocycles. The molecule has 2 saturated heterocycles. The van der Waals surface area contributed by atoms with Crippen molar-refractivity contribution in [2.75, 3.05) is 26.2 Å². The Hall–Kier alpha value is -2.41. The molecule has 1 N–H and O–H groups in total. The van der Waals surface area contributed by atoms with Gasteiger partial charge in [-0.25, -0.2) is 4.79 Å². The molecule has 0 bridgehead atoms. The highest BCUT2D eigenvalue weighted by Crippen LogP contribution is 2.38. The third-order valence-corrected chi connectivity index (χ3v) is 5.20. The monoisotopic (exact) mass is 356 g/mol.